The van der Waals surface area contributed by atoms with Crippen LogP contribution in [-0.2, 0) is 16.6 Å². The van der Waals surface area contributed by atoms with E-state index in [4.69, 9.17) is 0 Å². The molecule has 0 aliphatic carbocycles. The molecule has 7 heteroatoms. The van der Waals surface area contributed by atoms with E-state index >= 15 is 0 Å². The van der Waals surface area contributed by atoms with E-state index in [1.54, 1.807) is 0 Å². The van der Waals surface area contributed by atoms with Crippen molar-refractivity contribution in [2.75, 3.05) is 19.3 Å². The number of hydrogen-bond acceptors (Lipinski definition) is 3. The zero-order chi connectivity index (χ0) is 17.3. The van der Waals surface area contributed by atoms with Gasteiger partial charge in [0, 0.05) is 36.6 Å². The molecule has 1 amide bonds. The van der Waals surface area contributed by atoms with Crippen molar-refractivity contribution < 1.29 is 13.2 Å². The van der Waals surface area contributed by atoms with Gasteiger partial charge in [0.1, 0.15) is 5.69 Å². The number of benzene rings is 1. The summed E-state index contributed by atoms with van der Waals surface area (Å²) >= 11 is 0. The molecule has 1 saturated heterocycles. The third kappa shape index (κ3) is 3.32. The van der Waals surface area contributed by atoms with Gasteiger partial charge in [0.15, 0.2) is 0 Å². The van der Waals surface area contributed by atoms with Crippen LogP contribution >= 0.6 is 0 Å². The van der Waals surface area contributed by atoms with Gasteiger partial charge >= 0.3 is 0 Å². The molecule has 2 aromatic rings. The predicted octanol–water partition coefficient (Wildman–Crippen LogP) is 1.81. The molecule has 0 radical (unpaired) electrons. The van der Waals surface area contributed by atoms with E-state index in [2.05, 4.69) is 5.32 Å². The highest BCUT2D eigenvalue weighted by Crippen LogP contribution is 2.20. The fourth-order valence-electron chi connectivity index (χ4n) is 3.36. The molecule has 6 nitrogen and oxygen atoms in total. The maximum Gasteiger partial charge on any atom is 0.268 e. The van der Waals surface area contributed by atoms with Crippen molar-refractivity contribution in [1.29, 1.82) is 0 Å². The van der Waals surface area contributed by atoms with Crippen molar-refractivity contribution in [1.82, 2.24) is 14.2 Å². The highest BCUT2D eigenvalue weighted by atomic mass is 32.2. The van der Waals surface area contributed by atoms with Gasteiger partial charge in [0.2, 0.25) is 10.0 Å². The minimum absolute atomic E-state index is 0.145. The van der Waals surface area contributed by atoms with Gasteiger partial charge in [-0.25, -0.2) is 12.7 Å². The molecule has 1 aliphatic rings. The Morgan fingerprint density at radius 2 is 2.08 bits per heavy atom. The second kappa shape index (κ2) is 6.57. The fourth-order valence-corrected chi connectivity index (χ4v) is 4.27. The second-order valence-corrected chi connectivity index (χ2v) is 8.25. The SMILES string of the molecule is CCn1c(C(=O)NC2CCCN(S(C)(=O)=O)C2)cc2ccccc21. The van der Waals surface area contributed by atoms with Crippen LogP contribution < -0.4 is 5.32 Å². The molecule has 2 heterocycles. The molecule has 1 aromatic carbocycles. The van der Waals surface area contributed by atoms with Crippen LogP contribution in [-0.4, -0.2) is 48.6 Å². The number of piperidine rings is 1. The zero-order valence-corrected chi connectivity index (χ0v) is 14.8. The number of fused-ring (bicyclic) bond motifs is 1. The number of rotatable bonds is 4. The molecule has 0 saturated carbocycles. The highest BCUT2D eigenvalue weighted by molar-refractivity contribution is 7.88. The van der Waals surface area contributed by atoms with Gasteiger partial charge in [-0.05, 0) is 31.9 Å². The van der Waals surface area contributed by atoms with Gasteiger partial charge in [-0.3, -0.25) is 4.79 Å². The normalized spacial score (nSPS) is 19.5. The van der Waals surface area contributed by atoms with E-state index < -0.39 is 10.0 Å². The van der Waals surface area contributed by atoms with Crippen LogP contribution in [0.1, 0.15) is 30.3 Å². The molecule has 1 aliphatic heterocycles. The largest absolute Gasteiger partial charge is 0.347 e. The number of carbonyl (C=O) groups is 1. The van der Waals surface area contributed by atoms with Crippen molar-refractivity contribution in [3.8, 4) is 0 Å². The monoisotopic (exact) mass is 349 g/mol. The smallest absolute Gasteiger partial charge is 0.268 e. The number of hydrogen-bond donors (Lipinski definition) is 1. The molecular weight excluding hydrogens is 326 g/mol. The minimum atomic E-state index is -3.22. The van der Waals surface area contributed by atoms with Crippen LogP contribution in [0.4, 0.5) is 0 Å². The lowest BCUT2D eigenvalue weighted by Crippen LogP contribution is -2.49. The first kappa shape index (κ1) is 17.0. The number of sulfonamides is 1. The van der Waals surface area contributed by atoms with E-state index in [1.807, 2.05) is 41.8 Å². The molecule has 1 atom stereocenters. The summed E-state index contributed by atoms with van der Waals surface area (Å²) in [6.45, 7) is 3.59. The van der Waals surface area contributed by atoms with Crippen molar-refractivity contribution in [3.63, 3.8) is 0 Å². The maximum absolute atomic E-state index is 12.7. The second-order valence-electron chi connectivity index (χ2n) is 6.27. The summed E-state index contributed by atoms with van der Waals surface area (Å²) in [6.07, 6.45) is 2.77. The van der Waals surface area contributed by atoms with Crippen LogP contribution in [0.3, 0.4) is 0 Å². The first-order valence-electron chi connectivity index (χ1n) is 8.24. The maximum atomic E-state index is 12.7. The van der Waals surface area contributed by atoms with E-state index in [-0.39, 0.29) is 11.9 Å². The van der Waals surface area contributed by atoms with Gasteiger partial charge < -0.3 is 9.88 Å². The Morgan fingerprint density at radius 3 is 2.79 bits per heavy atom. The van der Waals surface area contributed by atoms with Gasteiger partial charge in [0.25, 0.3) is 5.91 Å². The molecule has 1 aromatic heterocycles. The van der Waals surface area contributed by atoms with Crippen LogP contribution in [0.2, 0.25) is 0 Å². The Morgan fingerprint density at radius 1 is 1.33 bits per heavy atom. The van der Waals surface area contributed by atoms with E-state index in [0.29, 0.717) is 25.3 Å². The Balaban J connectivity index is 1.80. The summed E-state index contributed by atoms with van der Waals surface area (Å²) in [7, 11) is -3.22. The summed E-state index contributed by atoms with van der Waals surface area (Å²) in [4.78, 5) is 12.7. The van der Waals surface area contributed by atoms with E-state index in [1.165, 1.54) is 10.6 Å². The zero-order valence-electron chi connectivity index (χ0n) is 14.0. The summed E-state index contributed by atoms with van der Waals surface area (Å²) < 4.78 is 26.9. The van der Waals surface area contributed by atoms with Crippen LogP contribution in [0.15, 0.2) is 30.3 Å². The Labute approximate surface area is 142 Å². The lowest BCUT2D eigenvalue weighted by atomic mass is 10.1. The van der Waals surface area contributed by atoms with Gasteiger partial charge in [0.05, 0.1) is 6.26 Å². The molecular formula is C17H23N3O3S. The number of amides is 1. The molecule has 3 rings (SSSR count). The number of para-hydroxylation sites is 1. The van der Waals surface area contributed by atoms with Crippen molar-refractivity contribution in [2.45, 2.75) is 32.4 Å². The minimum Gasteiger partial charge on any atom is -0.347 e. The Bertz CT molecular complexity index is 857. The molecule has 0 bridgehead atoms. The molecule has 1 N–H and O–H groups in total. The summed E-state index contributed by atoms with van der Waals surface area (Å²) in [5.41, 5.74) is 1.65. The lowest BCUT2D eigenvalue weighted by Gasteiger charge is -2.31. The summed E-state index contributed by atoms with van der Waals surface area (Å²) in [5.74, 6) is -0.145. The number of nitrogens with zero attached hydrogens (tertiary/aromatic N) is 2. The standard InChI is InChI=1S/C17H23N3O3S/c1-3-20-15-9-5-4-7-13(15)11-16(20)17(21)18-14-8-6-10-19(12-14)24(2,22)23/h4-5,7,9,11,14H,3,6,8,10,12H2,1-2H3,(H,18,21). The van der Waals surface area contributed by atoms with E-state index in [9.17, 15) is 13.2 Å². The molecule has 130 valence electrons. The summed E-state index contributed by atoms with van der Waals surface area (Å²) in [5, 5.41) is 4.04. The average Bonchev–Trinajstić information content (AvgIpc) is 2.93. The first-order chi connectivity index (χ1) is 11.4. The van der Waals surface area contributed by atoms with Gasteiger partial charge in [-0.2, -0.15) is 0 Å². The van der Waals surface area contributed by atoms with Gasteiger partial charge in [-0.15, -0.1) is 0 Å². The van der Waals surface area contributed by atoms with E-state index in [0.717, 1.165) is 23.7 Å². The Hall–Kier alpha value is -1.86. The average molecular weight is 349 g/mol. The fraction of sp³-hybridized carbons (Fsp3) is 0.471. The summed E-state index contributed by atoms with van der Waals surface area (Å²) in [6, 6.07) is 9.65. The molecule has 0 spiro atoms. The van der Waals surface area contributed by atoms with Crippen molar-refractivity contribution in [3.05, 3.63) is 36.0 Å². The highest BCUT2D eigenvalue weighted by Gasteiger charge is 2.27. The predicted molar refractivity (Wildman–Crippen MR) is 94.5 cm³/mol. The van der Waals surface area contributed by atoms with Crippen LogP contribution in [0.25, 0.3) is 10.9 Å². The quantitative estimate of drug-likeness (QED) is 0.915. The number of carbonyl (C=O) groups excluding carboxylic acids is 1. The molecule has 1 fully saturated rings. The molecule has 24 heavy (non-hydrogen) atoms. The molecule has 1 unspecified atom stereocenters. The number of aromatic nitrogens is 1. The van der Waals surface area contributed by atoms with Crippen LogP contribution in [0.5, 0.6) is 0 Å². The van der Waals surface area contributed by atoms with Gasteiger partial charge in [-0.1, -0.05) is 18.2 Å². The number of aryl methyl sites for hydroxylation is 1. The topological polar surface area (TPSA) is 71.4 Å². The third-order valence-electron chi connectivity index (χ3n) is 4.55. The first-order valence-corrected chi connectivity index (χ1v) is 10.1. The van der Waals surface area contributed by atoms with Crippen molar-refractivity contribution >= 4 is 26.8 Å². The third-order valence-corrected chi connectivity index (χ3v) is 5.82. The Kier molecular flexibility index (Phi) is 4.64. The number of nitrogens with one attached hydrogen (secondary N) is 1. The van der Waals surface area contributed by atoms with Crippen molar-refractivity contribution in [2.24, 2.45) is 0 Å². The van der Waals surface area contributed by atoms with Crippen LogP contribution in [0, 0.1) is 0 Å². The lowest BCUT2D eigenvalue weighted by molar-refractivity contribution is 0.0912.